The summed E-state index contributed by atoms with van der Waals surface area (Å²) >= 11 is 1.50. The maximum absolute atomic E-state index is 13.6. The van der Waals surface area contributed by atoms with Crippen LogP contribution in [-0.4, -0.2) is 34.1 Å². The lowest BCUT2D eigenvalue weighted by Crippen LogP contribution is -2.31. The van der Waals surface area contributed by atoms with Crippen LogP contribution in [-0.2, 0) is 20.9 Å². The van der Waals surface area contributed by atoms with Crippen LogP contribution in [0.1, 0.15) is 54.2 Å². The Bertz CT molecular complexity index is 1360. The highest BCUT2D eigenvalue weighted by molar-refractivity contribution is 8.04. The van der Waals surface area contributed by atoms with Gasteiger partial charge in [0.25, 0.3) is 11.7 Å². The molecule has 1 amide bonds. The van der Waals surface area contributed by atoms with Gasteiger partial charge in [-0.2, -0.15) is 0 Å². The largest absolute Gasteiger partial charge is 0.463 e. The van der Waals surface area contributed by atoms with E-state index in [4.69, 9.17) is 4.74 Å². The standard InChI is InChI=1S/C29H30N2O4S/c1-3-35-29(34)25-21-14-8-10-16-23(21)36-28(25)30-27(33)26(32)24-18(2)31(17-19-11-5-4-6-12-19)22-15-9-7-13-20(22)24/h4-7,9,11-13,15,21,23H,3,8,10,14,16-17H2,1-2H3,(H,30,33)/t21-,23+/m1/s1. The van der Waals surface area contributed by atoms with Crippen LogP contribution < -0.4 is 5.32 Å². The molecular formula is C29H30N2O4S. The van der Waals surface area contributed by atoms with Gasteiger partial charge in [-0.1, -0.05) is 61.4 Å². The molecule has 0 radical (unpaired) electrons. The number of para-hydroxylation sites is 1. The highest BCUT2D eigenvalue weighted by atomic mass is 32.2. The topological polar surface area (TPSA) is 77.4 Å². The summed E-state index contributed by atoms with van der Waals surface area (Å²) in [5, 5.41) is 4.28. The molecule has 1 aliphatic carbocycles. The lowest BCUT2D eigenvalue weighted by Gasteiger charge is -2.25. The van der Waals surface area contributed by atoms with Crippen LogP contribution in [0.2, 0.25) is 0 Å². The number of carbonyl (C=O) groups is 3. The number of ketones is 1. The molecule has 5 rings (SSSR count). The smallest absolute Gasteiger partial charge is 0.336 e. The van der Waals surface area contributed by atoms with Gasteiger partial charge in [-0.3, -0.25) is 9.59 Å². The second-order valence-electron chi connectivity index (χ2n) is 9.34. The third-order valence-electron chi connectivity index (χ3n) is 7.16. The van der Waals surface area contributed by atoms with Crippen molar-refractivity contribution in [2.45, 2.75) is 51.3 Å². The molecule has 1 fully saturated rings. The third kappa shape index (κ3) is 4.48. The number of benzene rings is 2. The van der Waals surface area contributed by atoms with Crippen LogP contribution in [0.25, 0.3) is 10.9 Å². The summed E-state index contributed by atoms with van der Waals surface area (Å²) < 4.78 is 7.40. The summed E-state index contributed by atoms with van der Waals surface area (Å²) in [6.07, 6.45) is 4.03. The predicted molar refractivity (Wildman–Crippen MR) is 142 cm³/mol. The lowest BCUT2D eigenvalue weighted by atomic mass is 9.84. The summed E-state index contributed by atoms with van der Waals surface area (Å²) in [5.74, 6) is -1.65. The zero-order valence-electron chi connectivity index (χ0n) is 20.6. The van der Waals surface area contributed by atoms with Crippen molar-refractivity contribution in [1.82, 2.24) is 9.88 Å². The van der Waals surface area contributed by atoms with Gasteiger partial charge in [0.1, 0.15) is 0 Å². The van der Waals surface area contributed by atoms with E-state index in [0.29, 0.717) is 22.7 Å². The average Bonchev–Trinajstić information content (AvgIpc) is 3.39. The van der Waals surface area contributed by atoms with E-state index >= 15 is 0 Å². The van der Waals surface area contributed by atoms with Crippen molar-refractivity contribution < 1.29 is 19.1 Å². The fraction of sp³-hybridized carbons (Fsp3) is 0.345. The van der Waals surface area contributed by atoms with Crippen molar-refractivity contribution in [3.05, 3.63) is 82.0 Å². The molecule has 7 heteroatoms. The molecule has 1 N–H and O–H groups in total. The SMILES string of the molecule is CCOC(=O)C1=C(NC(=O)C(=O)c2c(C)n(Cc3ccccc3)c3ccccc23)S[C@H]2CCCC[C@@H]12. The summed E-state index contributed by atoms with van der Waals surface area (Å²) in [6, 6.07) is 17.7. The van der Waals surface area contributed by atoms with Crippen LogP contribution in [0.5, 0.6) is 0 Å². The number of thioether (sulfide) groups is 1. The molecule has 36 heavy (non-hydrogen) atoms. The molecule has 186 valence electrons. The first-order valence-electron chi connectivity index (χ1n) is 12.5. The fourth-order valence-electron chi connectivity index (χ4n) is 5.46. The molecule has 1 aliphatic heterocycles. The summed E-state index contributed by atoms with van der Waals surface area (Å²) in [7, 11) is 0. The molecule has 6 nitrogen and oxygen atoms in total. The van der Waals surface area contributed by atoms with E-state index in [0.717, 1.165) is 47.8 Å². The molecule has 0 spiro atoms. The van der Waals surface area contributed by atoms with Gasteiger partial charge in [0.05, 0.1) is 22.8 Å². The van der Waals surface area contributed by atoms with Gasteiger partial charge in [0, 0.05) is 34.3 Å². The highest BCUT2D eigenvalue weighted by Gasteiger charge is 2.42. The van der Waals surface area contributed by atoms with Gasteiger partial charge < -0.3 is 14.6 Å². The predicted octanol–water partition coefficient (Wildman–Crippen LogP) is 5.38. The number of nitrogens with zero attached hydrogens (tertiary/aromatic N) is 1. The van der Waals surface area contributed by atoms with Crippen molar-refractivity contribution >= 4 is 40.3 Å². The number of carbonyl (C=O) groups excluding carboxylic acids is 3. The molecule has 0 unspecified atom stereocenters. The molecule has 2 aliphatic rings. The Labute approximate surface area is 215 Å². The Morgan fingerprint density at radius 2 is 1.75 bits per heavy atom. The first-order valence-corrected chi connectivity index (χ1v) is 13.4. The van der Waals surface area contributed by atoms with Crippen molar-refractivity contribution in [3.63, 3.8) is 0 Å². The molecular weight excluding hydrogens is 472 g/mol. The van der Waals surface area contributed by atoms with Crippen LogP contribution in [0.3, 0.4) is 0 Å². The van der Waals surface area contributed by atoms with Crippen molar-refractivity contribution in [2.75, 3.05) is 6.61 Å². The highest BCUT2D eigenvalue weighted by Crippen LogP contribution is 2.48. The average molecular weight is 503 g/mol. The molecule has 0 saturated heterocycles. The molecule has 1 aromatic heterocycles. The van der Waals surface area contributed by atoms with Gasteiger partial charge in [-0.25, -0.2) is 4.79 Å². The van der Waals surface area contributed by atoms with Crippen molar-refractivity contribution in [3.8, 4) is 0 Å². The maximum Gasteiger partial charge on any atom is 0.336 e. The fourth-order valence-corrected chi connectivity index (χ4v) is 7.00. The van der Waals surface area contributed by atoms with Gasteiger partial charge in [0.2, 0.25) is 0 Å². The van der Waals surface area contributed by atoms with E-state index in [-0.39, 0.29) is 17.8 Å². The quantitative estimate of drug-likeness (QED) is 0.267. The Morgan fingerprint density at radius 3 is 2.53 bits per heavy atom. The van der Waals surface area contributed by atoms with Crippen molar-refractivity contribution in [2.24, 2.45) is 5.92 Å². The second-order valence-corrected chi connectivity index (χ2v) is 10.6. The summed E-state index contributed by atoms with van der Waals surface area (Å²) in [5.41, 5.74) is 3.68. The summed E-state index contributed by atoms with van der Waals surface area (Å²) in [6.45, 7) is 4.52. The number of esters is 1. The zero-order valence-corrected chi connectivity index (χ0v) is 21.4. The first-order chi connectivity index (χ1) is 17.5. The first kappa shape index (κ1) is 24.4. The third-order valence-corrected chi connectivity index (χ3v) is 8.58. The van der Waals surface area contributed by atoms with Crippen molar-refractivity contribution in [1.29, 1.82) is 0 Å². The molecule has 0 bridgehead atoms. The Hall–Kier alpha value is -3.32. The zero-order chi connectivity index (χ0) is 25.2. The van der Waals surface area contributed by atoms with Crippen LogP contribution in [0.15, 0.2) is 65.2 Å². The number of hydrogen-bond acceptors (Lipinski definition) is 5. The number of fused-ring (bicyclic) bond motifs is 2. The molecule has 2 aromatic carbocycles. The van der Waals surface area contributed by atoms with Crippen LogP contribution >= 0.6 is 11.8 Å². The Kier molecular flexibility index (Phi) is 7.01. The minimum atomic E-state index is -0.719. The van der Waals surface area contributed by atoms with E-state index in [9.17, 15) is 14.4 Å². The number of rotatable bonds is 7. The van der Waals surface area contributed by atoms with E-state index in [1.807, 2.05) is 61.5 Å². The van der Waals surface area contributed by atoms with Crippen LogP contribution in [0.4, 0.5) is 0 Å². The lowest BCUT2D eigenvalue weighted by molar-refractivity contribution is -0.139. The Balaban J connectivity index is 1.47. The summed E-state index contributed by atoms with van der Waals surface area (Å²) in [4.78, 5) is 39.7. The number of aromatic nitrogens is 1. The molecule has 1 saturated carbocycles. The number of Topliss-reactive ketones (excluding diaryl/α,β-unsaturated/α-hetero) is 1. The number of ether oxygens (including phenoxy) is 1. The maximum atomic E-state index is 13.6. The minimum Gasteiger partial charge on any atom is -0.463 e. The van der Waals surface area contributed by atoms with E-state index in [1.165, 1.54) is 11.8 Å². The van der Waals surface area contributed by atoms with E-state index < -0.39 is 17.7 Å². The van der Waals surface area contributed by atoms with Gasteiger partial charge in [0.15, 0.2) is 0 Å². The van der Waals surface area contributed by atoms with E-state index in [1.54, 1.807) is 6.92 Å². The van der Waals surface area contributed by atoms with Gasteiger partial charge in [-0.05, 0) is 38.3 Å². The van der Waals surface area contributed by atoms with E-state index in [2.05, 4.69) is 9.88 Å². The number of amides is 1. The van der Waals surface area contributed by atoms with Gasteiger partial charge >= 0.3 is 5.97 Å². The normalized spacial score (nSPS) is 19.3. The van der Waals surface area contributed by atoms with Gasteiger partial charge in [-0.15, -0.1) is 11.8 Å². The van der Waals surface area contributed by atoms with Crippen LogP contribution in [0, 0.1) is 12.8 Å². The molecule has 2 heterocycles. The molecule has 3 aromatic rings. The monoisotopic (exact) mass is 502 g/mol. The molecule has 2 atom stereocenters. The number of nitrogens with one attached hydrogen (secondary N) is 1. The minimum absolute atomic E-state index is 0.0581. The number of hydrogen-bond donors (Lipinski definition) is 1. The Morgan fingerprint density at radius 1 is 1.03 bits per heavy atom. The second kappa shape index (κ2) is 10.3.